The van der Waals surface area contributed by atoms with Crippen LogP contribution in [-0.4, -0.2) is 24.1 Å². The van der Waals surface area contributed by atoms with Crippen molar-refractivity contribution in [2.75, 3.05) is 4.90 Å². The molecule has 2 aliphatic rings. The van der Waals surface area contributed by atoms with E-state index in [9.17, 15) is 0 Å². The molecule has 0 saturated heterocycles. The van der Waals surface area contributed by atoms with Crippen molar-refractivity contribution in [1.29, 1.82) is 0 Å². The summed E-state index contributed by atoms with van der Waals surface area (Å²) in [6, 6.07) is 75.8. The third kappa shape index (κ3) is 7.51. The van der Waals surface area contributed by atoms with Crippen molar-refractivity contribution in [3.63, 3.8) is 0 Å². The van der Waals surface area contributed by atoms with Crippen molar-refractivity contribution in [2.45, 2.75) is 38.5 Å². The molecule has 0 bridgehead atoms. The molecule has 4 aromatic heterocycles. The Kier molecular flexibility index (Phi) is 11.3. The zero-order valence-electron chi connectivity index (χ0n) is 43.5. The van der Waals surface area contributed by atoms with Gasteiger partial charge in [0.25, 0.3) is 0 Å². The van der Waals surface area contributed by atoms with E-state index in [0.29, 0.717) is 11.5 Å². The Morgan fingerprint density at radius 2 is 1.04 bits per heavy atom. The second-order valence-electron chi connectivity index (χ2n) is 21.2. The molecule has 8 aromatic carbocycles. The van der Waals surface area contributed by atoms with Crippen molar-refractivity contribution in [1.82, 2.24) is 24.1 Å². The molecule has 378 valence electrons. The minimum atomic E-state index is -0.723. The van der Waals surface area contributed by atoms with Crippen LogP contribution in [0.5, 0.6) is 11.5 Å². The summed E-state index contributed by atoms with van der Waals surface area (Å²) in [4.78, 5) is 17.2. The van der Waals surface area contributed by atoms with Gasteiger partial charge in [-0.05, 0) is 52.3 Å². The van der Waals surface area contributed by atoms with Crippen LogP contribution < -0.4 is 9.64 Å². The van der Waals surface area contributed by atoms with Gasteiger partial charge in [-0.3, -0.25) is 9.97 Å². The van der Waals surface area contributed by atoms with E-state index in [1.807, 2.05) is 37.1 Å². The van der Waals surface area contributed by atoms with E-state index in [0.717, 1.165) is 116 Å². The van der Waals surface area contributed by atoms with Gasteiger partial charge >= 0.3 is 306 Å². The minimum Gasteiger partial charge on any atom is -0.0579 e. The van der Waals surface area contributed by atoms with Gasteiger partial charge in [0.2, 0.25) is 0 Å². The zero-order chi connectivity index (χ0) is 52.7. The minimum absolute atomic E-state index is 0.0589. The molecule has 1 spiro atoms. The number of hydrogen-bond donors (Lipinski definition) is 0. The SMILES string of the molecule is Cc1cc(N2c3ccccc3C3(c4cnccc4-c4ccncc43)c3ccc(Oc4cccc(-n5[c](=[Pt])n(-c6c(-c7ccccc7)cccc6-c6ccccc6)c6ccccc65)c4)cc32)ncc1-c1ccc(C(C)(C)C)cc1. The Morgan fingerprint density at radius 1 is 0.462 bits per heavy atom. The maximum atomic E-state index is 7.11. The van der Waals surface area contributed by atoms with Crippen molar-refractivity contribution in [2.24, 2.45) is 0 Å². The van der Waals surface area contributed by atoms with E-state index in [1.165, 1.54) is 5.56 Å². The number of ether oxygens (including phenoxy) is 1. The zero-order valence-corrected chi connectivity index (χ0v) is 45.8. The standard InChI is InChI=1S/C70H52N6O.Pt/c1-46-39-67(73-42-58(46)49-29-31-50(32-30-49)69(2,3)4)76-63-26-12-11-25-59(63)70(61-43-71-37-35-56(61)57-36-38-72-44-62(57)70)60-34-33-53(41-66(60)76)77-52-22-15-21-51(40-52)74-45-75(65-28-14-13-27-64(65)74)68-54(47-17-7-5-8-18-47)23-16-24-55(68)48-19-9-6-10-20-48;/h5-44H,1-4H3;. The van der Waals surface area contributed by atoms with Crippen LogP contribution >= 0.6 is 0 Å². The Labute approximate surface area is 464 Å². The first-order valence-electron chi connectivity index (χ1n) is 26.4. The Morgan fingerprint density at radius 3 is 1.69 bits per heavy atom. The van der Waals surface area contributed by atoms with Gasteiger partial charge in [-0.25, -0.2) is 0 Å². The number of nitrogens with zero attached hydrogens (tertiary/aromatic N) is 6. The van der Waals surface area contributed by atoms with Gasteiger partial charge < -0.3 is 0 Å². The summed E-state index contributed by atoms with van der Waals surface area (Å²) in [6.45, 7) is 8.94. The van der Waals surface area contributed by atoms with E-state index in [4.69, 9.17) is 19.7 Å². The quantitative estimate of drug-likeness (QED) is 0.152. The van der Waals surface area contributed by atoms with Gasteiger partial charge in [0, 0.05) is 36.5 Å². The molecule has 78 heavy (non-hydrogen) atoms. The third-order valence-corrected chi connectivity index (χ3v) is 16.8. The second-order valence-corrected chi connectivity index (χ2v) is 22.3. The van der Waals surface area contributed by atoms with E-state index >= 15 is 0 Å². The summed E-state index contributed by atoms with van der Waals surface area (Å²) >= 11 is 2.51. The van der Waals surface area contributed by atoms with Crippen LogP contribution in [0.25, 0.3) is 66.9 Å². The van der Waals surface area contributed by atoms with Crippen molar-refractivity contribution in [3.8, 4) is 67.4 Å². The number of para-hydroxylation sites is 4. The van der Waals surface area contributed by atoms with Gasteiger partial charge in [0.05, 0.1) is 0 Å². The smallest absolute Gasteiger partial charge is 0.0579 e. The summed E-state index contributed by atoms with van der Waals surface area (Å²) in [7, 11) is 0. The molecule has 8 heteroatoms. The predicted molar refractivity (Wildman–Crippen MR) is 311 cm³/mol. The molecule has 1 aliphatic heterocycles. The molecular weight excluding hydrogens is 1140 g/mol. The topological polar surface area (TPSA) is 61.0 Å². The monoisotopic (exact) mass is 1190 g/mol. The van der Waals surface area contributed by atoms with E-state index in [2.05, 4.69) is 267 Å². The van der Waals surface area contributed by atoms with E-state index < -0.39 is 5.41 Å². The van der Waals surface area contributed by atoms with Crippen molar-refractivity contribution >= 4 is 28.2 Å². The second kappa shape index (κ2) is 18.6. The van der Waals surface area contributed by atoms with Crippen LogP contribution in [-0.2, 0) is 30.2 Å². The number of imidazole rings is 1. The average Bonchev–Trinajstić information content (AvgIpc) is 3.40. The number of aryl methyl sites for hydroxylation is 1. The number of rotatable bonds is 8. The van der Waals surface area contributed by atoms with Gasteiger partial charge in [-0.15, -0.1) is 0 Å². The molecule has 0 fully saturated rings. The molecule has 7 nitrogen and oxygen atoms in total. The molecule has 0 N–H and O–H groups in total. The molecule has 12 aromatic rings. The van der Waals surface area contributed by atoms with E-state index in [-0.39, 0.29) is 5.41 Å². The summed E-state index contributed by atoms with van der Waals surface area (Å²) < 4.78 is 12.9. The number of pyridine rings is 3. The molecular formula is C70H52N6OPt. The number of anilines is 3. The first kappa shape index (κ1) is 47.4. The number of aromatic nitrogens is 5. The summed E-state index contributed by atoms with van der Waals surface area (Å²) in [5.74, 6) is 2.22. The molecule has 0 unspecified atom stereocenters. The van der Waals surface area contributed by atoms with Crippen LogP contribution in [0.2, 0.25) is 0 Å². The first-order chi connectivity index (χ1) is 38.2. The molecule has 1 aliphatic carbocycles. The summed E-state index contributed by atoms with van der Waals surface area (Å²) in [5, 5.41) is 0. The molecule has 14 rings (SSSR count). The maximum absolute atomic E-state index is 7.11. The molecule has 0 saturated carbocycles. The normalized spacial score (nSPS) is 13.0. The Balaban J connectivity index is 0.919. The molecule has 0 atom stereocenters. The fourth-order valence-corrected chi connectivity index (χ4v) is 13.3. The van der Waals surface area contributed by atoms with Crippen LogP contribution in [0.15, 0.2) is 243 Å². The molecule has 0 radical (unpaired) electrons. The van der Waals surface area contributed by atoms with Crippen LogP contribution in [0.1, 0.15) is 54.2 Å². The number of fused-ring (bicyclic) bond motifs is 10. The summed E-state index contributed by atoms with van der Waals surface area (Å²) in [6.07, 6.45) is 9.90. The molecule has 0 amide bonds. The Bertz CT molecular complexity index is 4280. The van der Waals surface area contributed by atoms with Crippen LogP contribution in [0, 0.1) is 10.7 Å². The fraction of sp³-hybridized carbons (Fsp3) is 0.0857. The van der Waals surface area contributed by atoms with Gasteiger partial charge in [0.1, 0.15) is 0 Å². The van der Waals surface area contributed by atoms with Gasteiger partial charge in [-0.1, -0.05) is 63.2 Å². The van der Waals surface area contributed by atoms with Crippen LogP contribution in [0.4, 0.5) is 17.2 Å². The van der Waals surface area contributed by atoms with E-state index in [1.54, 1.807) is 0 Å². The van der Waals surface area contributed by atoms with Gasteiger partial charge in [0.15, 0.2) is 0 Å². The van der Waals surface area contributed by atoms with Crippen LogP contribution in [0.3, 0.4) is 0 Å². The van der Waals surface area contributed by atoms with Crippen molar-refractivity contribution < 1.29 is 24.1 Å². The summed E-state index contributed by atoms with van der Waals surface area (Å²) in [5.41, 5.74) is 21.6. The van der Waals surface area contributed by atoms with Crippen molar-refractivity contribution in [3.05, 3.63) is 280 Å². The molecule has 5 heterocycles. The first-order valence-corrected chi connectivity index (χ1v) is 27.5. The number of hydrogen-bond acceptors (Lipinski definition) is 5. The predicted octanol–water partition coefficient (Wildman–Crippen LogP) is 17.2. The third-order valence-electron chi connectivity index (χ3n) is 15.7. The number of benzene rings is 8. The fourth-order valence-electron chi connectivity index (χ4n) is 12.2. The average molecular weight is 1190 g/mol. The van der Waals surface area contributed by atoms with Gasteiger partial charge in [-0.2, -0.15) is 0 Å². The Hall–Kier alpha value is -9.03.